The van der Waals surface area contributed by atoms with Crippen molar-refractivity contribution in [2.75, 3.05) is 25.6 Å². The van der Waals surface area contributed by atoms with Crippen molar-refractivity contribution in [3.63, 3.8) is 0 Å². The fraction of sp³-hybridized carbons (Fsp3) is 0.676. The molecule has 1 saturated heterocycles. The van der Waals surface area contributed by atoms with Crippen LogP contribution in [-0.4, -0.2) is 52.3 Å². The van der Waals surface area contributed by atoms with E-state index in [2.05, 4.69) is 11.9 Å². The molecular formula is C34H52F2N3O8P. The van der Waals surface area contributed by atoms with Gasteiger partial charge in [-0.05, 0) is 0 Å². The van der Waals surface area contributed by atoms with E-state index >= 15 is 8.78 Å². The maximum absolute atomic E-state index is 16.4. The van der Waals surface area contributed by atoms with E-state index in [-0.39, 0.29) is 25.5 Å². The van der Waals surface area contributed by atoms with Gasteiger partial charge in [0.05, 0.1) is 0 Å². The van der Waals surface area contributed by atoms with Crippen LogP contribution in [0.1, 0.15) is 108 Å². The van der Waals surface area contributed by atoms with Crippen molar-refractivity contribution in [1.82, 2.24) is 9.55 Å². The Labute approximate surface area is 282 Å². The molecule has 11 nitrogen and oxygen atoms in total. The van der Waals surface area contributed by atoms with E-state index in [1.165, 1.54) is 44.4 Å². The van der Waals surface area contributed by atoms with Crippen LogP contribution >= 0.6 is 8.17 Å². The molecule has 3 atom stereocenters. The number of hydrogen-bond donors (Lipinski definition) is 2. The van der Waals surface area contributed by atoms with E-state index in [1.807, 2.05) is 13.0 Å². The monoisotopic (exact) mass is 699 g/mol. The van der Waals surface area contributed by atoms with E-state index in [0.717, 1.165) is 41.4 Å². The third-order valence-corrected chi connectivity index (χ3v) is 10.5. The third kappa shape index (κ3) is 11.2. The van der Waals surface area contributed by atoms with Gasteiger partial charge >= 0.3 is 243 Å². The van der Waals surface area contributed by atoms with Gasteiger partial charge in [-0.15, -0.1) is 0 Å². The summed E-state index contributed by atoms with van der Waals surface area (Å²) >= 11 is 0. The molecule has 1 aromatic carbocycles. The van der Waals surface area contributed by atoms with E-state index in [0.29, 0.717) is 25.2 Å². The van der Waals surface area contributed by atoms with Gasteiger partial charge in [-0.2, -0.15) is 0 Å². The van der Waals surface area contributed by atoms with Crippen LogP contribution in [0.3, 0.4) is 0 Å². The number of benzene rings is 1. The molecule has 14 heteroatoms. The van der Waals surface area contributed by atoms with Crippen molar-refractivity contribution >= 4 is 20.0 Å². The van der Waals surface area contributed by atoms with Gasteiger partial charge in [-0.3, -0.25) is 0 Å². The summed E-state index contributed by atoms with van der Waals surface area (Å²) in [5.74, 6) is -5.73. The third-order valence-electron chi connectivity index (χ3n) is 9.00. The molecule has 0 amide bonds. The molecule has 0 bridgehead atoms. The van der Waals surface area contributed by atoms with Crippen LogP contribution in [0.5, 0.6) is 5.75 Å². The minimum absolute atomic E-state index is 0.00337. The van der Waals surface area contributed by atoms with Gasteiger partial charge in [-0.25, -0.2) is 0 Å². The molecule has 0 aliphatic carbocycles. The number of halogens is 2. The second-order valence-corrected chi connectivity index (χ2v) is 14.7. The van der Waals surface area contributed by atoms with Crippen LogP contribution in [0.15, 0.2) is 35.3 Å². The quantitative estimate of drug-likeness (QED) is 0.0843. The first kappa shape index (κ1) is 38.1. The number of nitrogens with two attached hydrogens (primary N) is 1. The molecule has 270 valence electrons. The normalized spacial score (nSPS) is 19.2. The Balaban J connectivity index is 1.46. The molecule has 48 heavy (non-hydrogen) atoms. The Hall–Kier alpha value is -2.70. The van der Waals surface area contributed by atoms with Gasteiger partial charge in [0.15, 0.2) is 0 Å². The number of anilines is 1. The average molecular weight is 700 g/mol. The van der Waals surface area contributed by atoms with E-state index in [1.54, 1.807) is 12.1 Å². The number of aromatic nitrogens is 2. The molecular weight excluding hydrogens is 647 g/mol. The molecule has 2 aliphatic rings. The van der Waals surface area contributed by atoms with Gasteiger partial charge < -0.3 is 0 Å². The van der Waals surface area contributed by atoms with Crippen molar-refractivity contribution in [3.8, 4) is 5.75 Å². The molecule has 0 radical (unpaired) electrons. The number of nitrogen functional groups attached to an aromatic ring is 1. The van der Waals surface area contributed by atoms with Gasteiger partial charge in [0, 0.05) is 0 Å². The standard InChI is InChI=1S/C34H52F2N3O8P/c1-3-4-5-6-7-8-9-10-11-12-16-30(39-19-17-31(37)38-33(39)41)34(35,36)21-26(32(40)46-27-18-20-43-23-27)22-44-48(42)45-24-28-25(2)14-13-15-29(28)47-48/h13-15,17,19,26-27,30,42,48H,3-12,16,18,20-24H2,1-2H3,(H2,37,38,41). The Kier molecular flexibility index (Phi) is 14.6. The second kappa shape index (κ2) is 18.3. The number of esters is 1. The number of alkyl halides is 2. The number of carbonyl (C=O) groups is 1. The zero-order chi connectivity index (χ0) is 34.6. The predicted molar refractivity (Wildman–Crippen MR) is 180 cm³/mol. The van der Waals surface area contributed by atoms with Crippen LogP contribution in [0.4, 0.5) is 14.6 Å². The van der Waals surface area contributed by atoms with E-state index < -0.39 is 56.8 Å². The number of aryl methyl sites for hydroxylation is 1. The fourth-order valence-electron chi connectivity index (χ4n) is 6.15. The van der Waals surface area contributed by atoms with Crippen molar-refractivity contribution in [1.29, 1.82) is 0 Å². The zero-order valence-corrected chi connectivity index (χ0v) is 29.2. The Morgan fingerprint density at radius 3 is 2.52 bits per heavy atom. The number of ether oxygens (including phenoxy) is 2. The summed E-state index contributed by atoms with van der Waals surface area (Å²) in [5.41, 5.74) is 6.39. The first-order chi connectivity index (χ1) is 23.0. The molecule has 3 heterocycles. The number of carbonyl (C=O) groups excluding carboxylic acids is 1. The predicted octanol–water partition coefficient (Wildman–Crippen LogP) is 6.99. The summed E-state index contributed by atoms with van der Waals surface area (Å²) in [6, 6.07) is 4.97. The average Bonchev–Trinajstić information content (AvgIpc) is 3.55. The van der Waals surface area contributed by atoms with Crippen LogP contribution in [-0.2, 0) is 29.9 Å². The number of fused-ring (bicyclic) bond motifs is 1. The van der Waals surface area contributed by atoms with Crippen LogP contribution in [0.25, 0.3) is 0 Å². The topological polar surface area (TPSA) is 144 Å². The molecule has 0 spiro atoms. The van der Waals surface area contributed by atoms with E-state index in [9.17, 15) is 14.5 Å². The molecule has 4 rings (SSSR count). The number of nitrogens with zero attached hydrogens (tertiary/aromatic N) is 2. The van der Waals surface area contributed by atoms with Crippen molar-refractivity contribution in [3.05, 3.63) is 52.1 Å². The number of rotatable bonds is 20. The van der Waals surface area contributed by atoms with Gasteiger partial charge in [0.2, 0.25) is 0 Å². The minimum atomic E-state index is -4.35. The van der Waals surface area contributed by atoms with Crippen LogP contribution in [0, 0.1) is 12.8 Å². The number of hydrogen-bond acceptors (Lipinski definition) is 10. The maximum atomic E-state index is 16.4. The summed E-state index contributed by atoms with van der Waals surface area (Å²) in [4.78, 5) is 40.9. The van der Waals surface area contributed by atoms with Crippen LogP contribution in [0.2, 0.25) is 0 Å². The summed E-state index contributed by atoms with van der Waals surface area (Å²) in [6.45, 7) is 3.95. The summed E-state index contributed by atoms with van der Waals surface area (Å²) in [7, 11) is -4.35. The van der Waals surface area contributed by atoms with Crippen molar-refractivity contribution < 1.29 is 41.5 Å². The first-order valence-electron chi connectivity index (χ1n) is 17.3. The molecule has 2 aromatic rings. The molecule has 1 fully saturated rings. The summed E-state index contributed by atoms with van der Waals surface area (Å²) in [5, 5.41) is 0. The Morgan fingerprint density at radius 2 is 1.85 bits per heavy atom. The second-order valence-electron chi connectivity index (χ2n) is 12.9. The summed E-state index contributed by atoms with van der Waals surface area (Å²) < 4.78 is 61.5. The molecule has 1 aromatic heterocycles. The van der Waals surface area contributed by atoms with Gasteiger partial charge in [-0.1, -0.05) is 39.0 Å². The first-order valence-corrected chi connectivity index (χ1v) is 19.0. The molecule has 2 aliphatic heterocycles. The fourth-order valence-corrected chi connectivity index (χ4v) is 7.56. The van der Waals surface area contributed by atoms with Crippen molar-refractivity contribution in [2.45, 2.75) is 122 Å². The van der Waals surface area contributed by atoms with Crippen LogP contribution < -0.4 is 15.9 Å². The molecule has 0 saturated carbocycles. The molecule has 3 N–H and O–H groups in total. The Morgan fingerprint density at radius 1 is 1.15 bits per heavy atom. The Bertz CT molecular complexity index is 1380. The number of unbranched alkanes of at least 4 members (excludes halogenated alkanes) is 9. The van der Waals surface area contributed by atoms with Gasteiger partial charge in [0.25, 0.3) is 0 Å². The molecule has 3 unspecified atom stereocenters. The zero-order valence-electron chi connectivity index (χ0n) is 28.2. The SMILES string of the molecule is CCCCCCCCCCCCC(n1ccc(N)nc1=O)C(F)(F)CC(CO[PH]1(O)OCc2c(C)cccc2O1)C(=O)OC1CCOC1. The van der Waals surface area contributed by atoms with Gasteiger partial charge in [0.1, 0.15) is 0 Å². The summed E-state index contributed by atoms with van der Waals surface area (Å²) in [6.07, 6.45) is 10.3. The van der Waals surface area contributed by atoms with E-state index in [4.69, 9.17) is 28.8 Å². The van der Waals surface area contributed by atoms with Crippen molar-refractivity contribution in [2.24, 2.45) is 5.92 Å².